The number of carbonyl (C=O) groups is 1. The van der Waals surface area contributed by atoms with E-state index in [4.69, 9.17) is 0 Å². The van der Waals surface area contributed by atoms with Gasteiger partial charge >= 0.3 is 0 Å². The summed E-state index contributed by atoms with van der Waals surface area (Å²) in [6.07, 6.45) is 5.61. The number of anilines is 3. The third kappa shape index (κ3) is 4.71. The number of hydrogen-bond acceptors (Lipinski definition) is 5. The maximum absolute atomic E-state index is 12.4. The van der Waals surface area contributed by atoms with E-state index in [1.54, 1.807) is 12.4 Å². The van der Waals surface area contributed by atoms with Crippen LogP contribution in [0.4, 0.5) is 17.3 Å². The Bertz CT molecular complexity index is 935. The van der Waals surface area contributed by atoms with E-state index in [0.717, 1.165) is 24.3 Å². The van der Waals surface area contributed by atoms with Crippen LogP contribution in [0.3, 0.4) is 0 Å². The smallest absolute Gasteiger partial charge is 0.254 e. The summed E-state index contributed by atoms with van der Waals surface area (Å²) in [5.41, 5.74) is 3.65. The monoisotopic (exact) mass is 387 g/mol. The van der Waals surface area contributed by atoms with Gasteiger partial charge in [-0.05, 0) is 49.6 Å². The second kappa shape index (κ2) is 8.73. The van der Waals surface area contributed by atoms with Crippen molar-refractivity contribution in [1.29, 1.82) is 0 Å². The van der Waals surface area contributed by atoms with E-state index in [2.05, 4.69) is 37.6 Å². The Morgan fingerprint density at radius 2 is 1.62 bits per heavy atom. The maximum Gasteiger partial charge on any atom is 0.254 e. The molecule has 4 rings (SSSR count). The molecular weight excluding hydrogens is 362 g/mol. The number of amides is 1. The van der Waals surface area contributed by atoms with Gasteiger partial charge in [-0.2, -0.15) is 0 Å². The van der Waals surface area contributed by atoms with Gasteiger partial charge in [0.1, 0.15) is 0 Å². The number of rotatable bonds is 6. The van der Waals surface area contributed by atoms with Crippen LogP contribution < -0.4 is 15.5 Å². The number of nitrogens with zero attached hydrogens (tertiary/aromatic N) is 3. The summed E-state index contributed by atoms with van der Waals surface area (Å²) in [5, 5.41) is 6.15. The van der Waals surface area contributed by atoms with Crippen molar-refractivity contribution in [2.24, 2.45) is 0 Å². The molecule has 0 aliphatic carbocycles. The first kappa shape index (κ1) is 18.9. The van der Waals surface area contributed by atoms with Crippen molar-refractivity contribution < 1.29 is 4.79 Å². The lowest BCUT2D eigenvalue weighted by molar-refractivity contribution is 0.0939. The van der Waals surface area contributed by atoms with E-state index in [1.165, 1.54) is 18.5 Å². The highest BCUT2D eigenvalue weighted by atomic mass is 16.1. The van der Waals surface area contributed by atoms with Gasteiger partial charge in [0.25, 0.3) is 5.91 Å². The van der Waals surface area contributed by atoms with Crippen molar-refractivity contribution >= 4 is 23.2 Å². The second-order valence-corrected chi connectivity index (χ2v) is 7.27. The van der Waals surface area contributed by atoms with Gasteiger partial charge in [-0.1, -0.05) is 30.3 Å². The fourth-order valence-electron chi connectivity index (χ4n) is 3.47. The lowest BCUT2D eigenvalue weighted by Gasteiger charge is -2.17. The minimum Gasteiger partial charge on any atom is -0.372 e. The molecule has 1 unspecified atom stereocenters. The highest BCUT2D eigenvalue weighted by molar-refractivity contribution is 5.93. The molecule has 1 aliphatic rings. The summed E-state index contributed by atoms with van der Waals surface area (Å²) in [6.45, 7) is 4.21. The quantitative estimate of drug-likeness (QED) is 0.659. The van der Waals surface area contributed by atoms with Gasteiger partial charge in [-0.25, -0.2) is 9.97 Å². The van der Waals surface area contributed by atoms with Gasteiger partial charge in [0, 0.05) is 36.9 Å². The van der Waals surface area contributed by atoms with E-state index in [-0.39, 0.29) is 11.9 Å². The molecule has 1 aliphatic heterocycles. The second-order valence-electron chi connectivity index (χ2n) is 7.27. The first-order valence-electron chi connectivity index (χ1n) is 9.99. The molecule has 0 bridgehead atoms. The molecule has 2 N–H and O–H groups in total. The Balaban J connectivity index is 1.35. The average Bonchev–Trinajstić information content (AvgIpc) is 3.30. The van der Waals surface area contributed by atoms with Gasteiger partial charge in [-0.15, -0.1) is 0 Å². The maximum atomic E-state index is 12.4. The van der Waals surface area contributed by atoms with Crippen LogP contribution in [0.5, 0.6) is 0 Å². The normalized spacial score (nSPS) is 14.4. The Morgan fingerprint density at radius 1 is 0.966 bits per heavy atom. The number of hydrogen-bond donors (Lipinski definition) is 2. The van der Waals surface area contributed by atoms with Crippen LogP contribution in [-0.4, -0.2) is 29.0 Å². The van der Waals surface area contributed by atoms with Gasteiger partial charge in [-0.3, -0.25) is 4.79 Å². The Labute approximate surface area is 171 Å². The summed E-state index contributed by atoms with van der Waals surface area (Å²) >= 11 is 0. The molecule has 1 amide bonds. The minimum atomic E-state index is -0.192. The van der Waals surface area contributed by atoms with Crippen LogP contribution in [0.15, 0.2) is 67.0 Å². The number of aromatic nitrogens is 2. The molecule has 2 heterocycles. The molecule has 0 spiro atoms. The van der Waals surface area contributed by atoms with Gasteiger partial charge in [0.05, 0.1) is 11.6 Å². The standard InChI is InChI=1S/C23H25N5O/c1-17(18-7-3-2-4-8-18)26-22(29)19-15-24-23(25-16-19)27-20-9-11-21(12-10-20)28-13-5-6-14-28/h2-4,7-12,15-17H,5-6,13-14H2,1H3,(H,26,29)(H,24,25,27). The van der Waals surface area contributed by atoms with E-state index in [0.29, 0.717) is 11.5 Å². The van der Waals surface area contributed by atoms with Crippen molar-refractivity contribution in [2.75, 3.05) is 23.3 Å². The van der Waals surface area contributed by atoms with E-state index < -0.39 is 0 Å². The zero-order valence-electron chi connectivity index (χ0n) is 16.5. The fraction of sp³-hybridized carbons (Fsp3) is 0.261. The minimum absolute atomic E-state index is 0.0874. The molecule has 6 nitrogen and oxygen atoms in total. The third-order valence-electron chi connectivity index (χ3n) is 5.16. The molecule has 0 saturated carbocycles. The van der Waals surface area contributed by atoms with Gasteiger partial charge < -0.3 is 15.5 Å². The van der Waals surface area contributed by atoms with Crippen LogP contribution in [0.25, 0.3) is 0 Å². The van der Waals surface area contributed by atoms with Crippen LogP contribution in [0, 0.1) is 0 Å². The largest absolute Gasteiger partial charge is 0.372 e. The van der Waals surface area contributed by atoms with E-state index in [1.807, 2.05) is 49.4 Å². The molecule has 3 aromatic rings. The summed E-state index contributed by atoms with van der Waals surface area (Å²) in [5.74, 6) is 0.273. The highest BCUT2D eigenvalue weighted by Gasteiger charge is 2.13. The van der Waals surface area contributed by atoms with Crippen molar-refractivity contribution in [3.63, 3.8) is 0 Å². The molecule has 6 heteroatoms. The molecule has 29 heavy (non-hydrogen) atoms. The fourth-order valence-corrected chi connectivity index (χ4v) is 3.47. The molecule has 1 atom stereocenters. The topological polar surface area (TPSA) is 70.2 Å². The van der Waals surface area contributed by atoms with Crippen LogP contribution in [-0.2, 0) is 0 Å². The first-order valence-corrected chi connectivity index (χ1v) is 9.99. The van der Waals surface area contributed by atoms with Gasteiger partial charge in [0.15, 0.2) is 0 Å². The Kier molecular flexibility index (Phi) is 5.70. The van der Waals surface area contributed by atoms with Crippen molar-refractivity contribution in [3.8, 4) is 0 Å². The predicted octanol–water partition coefficient (Wildman–Crippen LogP) is 4.31. The zero-order chi connectivity index (χ0) is 20.1. The van der Waals surface area contributed by atoms with Crippen LogP contribution in [0.1, 0.15) is 41.7 Å². The van der Waals surface area contributed by atoms with E-state index in [9.17, 15) is 4.79 Å². The van der Waals surface area contributed by atoms with Crippen LogP contribution >= 0.6 is 0 Å². The zero-order valence-corrected chi connectivity index (χ0v) is 16.5. The van der Waals surface area contributed by atoms with Crippen molar-refractivity contribution in [1.82, 2.24) is 15.3 Å². The summed E-state index contributed by atoms with van der Waals surface area (Å²) in [4.78, 5) is 23.4. The lowest BCUT2D eigenvalue weighted by Crippen LogP contribution is -2.26. The third-order valence-corrected chi connectivity index (χ3v) is 5.16. The molecular formula is C23H25N5O. The van der Waals surface area contributed by atoms with Crippen molar-refractivity contribution in [2.45, 2.75) is 25.8 Å². The molecule has 1 fully saturated rings. The Hall–Kier alpha value is -3.41. The average molecular weight is 387 g/mol. The molecule has 2 aromatic carbocycles. The van der Waals surface area contributed by atoms with Gasteiger partial charge in [0.2, 0.25) is 5.95 Å². The van der Waals surface area contributed by atoms with Crippen molar-refractivity contribution in [3.05, 3.63) is 78.1 Å². The molecule has 0 radical (unpaired) electrons. The number of carbonyl (C=O) groups excluding carboxylic acids is 1. The highest BCUT2D eigenvalue weighted by Crippen LogP contribution is 2.23. The molecule has 1 saturated heterocycles. The molecule has 1 aromatic heterocycles. The summed E-state index contributed by atoms with van der Waals surface area (Å²) in [6, 6.07) is 18.0. The van der Waals surface area contributed by atoms with Crippen LogP contribution in [0.2, 0.25) is 0 Å². The first-order chi connectivity index (χ1) is 14.2. The predicted molar refractivity (Wildman–Crippen MR) is 116 cm³/mol. The summed E-state index contributed by atoms with van der Waals surface area (Å²) < 4.78 is 0. The molecule has 148 valence electrons. The number of benzene rings is 2. The lowest BCUT2D eigenvalue weighted by atomic mass is 10.1. The number of nitrogens with one attached hydrogen (secondary N) is 2. The Morgan fingerprint density at radius 3 is 2.28 bits per heavy atom. The van der Waals surface area contributed by atoms with E-state index >= 15 is 0 Å². The SMILES string of the molecule is CC(NC(=O)c1cnc(Nc2ccc(N3CCCC3)cc2)nc1)c1ccccc1. The summed E-state index contributed by atoms with van der Waals surface area (Å²) in [7, 11) is 0.